The molecule has 0 spiro atoms. The lowest BCUT2D eigenvalue weighted by Gasteiger charge is -2.19. The van der Waals surface area contributed by atoms with Crippen molar-refractivity contribution in [2.75, 3.05) is 0 Å². The summed E-state index contributed by atoms with van der Waals surface area (Å²) in [6.07, 6.45) is 0. The zero-order valence-corrected chi connectivity index (χ0v) is 11.2. The lowest BCUT2D eigenvalue weighted by molar-refractivity contribution is 0.306. The van der Waals surface area contributed by atoms with Crippen LogP contribution in [0.2, 0.25) is 0 Å². The largest absolute Gasteiger partial charge is 0.489 e. The quantitative estimate of drug-likeness (QED) is 0.773. The highest BCUT2D eigenvalue weighted by Crippen LogP contribution is 2.22. The van der Waals surface area contributed by atoms with Gasteiger partial charge in [-0.15, -0.1) is 0 Å². The van der Waals surface area contributed by atoms with Crippen LogP contribution in [0.25, 0.3) is 0 Å². The summed E-state index contributed by atoms with van der Waals surface area (Å²) >= 11 is 0. The number of hydrogen-bond acceptors (Lipinski definition) is 1. The fourth-order valence-corrected chi connectivity index (χ4v) is 1.74. The molecule has 0 heterocycles. The molecule has 1 radical (unpaired) electrons. The van der Waals surface area contributed by atoms with E-state index >= 15 is 0 Å². The monoisotopic (exact) mass is 239 g/mol. The van der Waals surface area contributed by atoms with Crippen molar-refractivity contribution < 1.29 is 4.74 Å². The summed E-state index contributed by atoms with van der Waals surface area (Å²) < 4.78 is 5.70. The summed E-state index contributed by atoms with van der Waals surface area (Å²) in [7, 11) is 0. The third-order valence-corrected chi connectivity index (χ3v) is 2.91. The second-order valence-electron chi connectivity index (χ2n) is 5.47. The van der Waals surface area contributed by atoms with Crippen molar-refractivity contribution in [1.29, 1.82) is 0 Å². The lowest BCUT2D eigenvalue weighted by atomic mass is 9.87. The molecule has 2 rings (SSSR count). The summed E-state index contributed by atoms with van der Waals surface area (Å²) in [4.78, 5) is 0. The SMILES string of the molecule is CC(C)(C)c1ccc(COc2cc[c]cc2)cc1. The van der Waals surface area contributed by atoms with Crippen LogP contribution in [0.4, 0.5) is 0 Å². The van der Waals surface area contributed by atoms with Gasteiger partial charge in [0.05, 0.1) is 0 Å². The molecule has 1 heteroatoms. The minimum Gasteiger partial charge on any atom is -0.489 e. The molecule has 0 atom stereocenters. The Labute approximate surface area is 109 Å². The molecule has 0 fully saturated rings. The van der Waals surface area contributed by atoms with Crippen LogP contribution in [0.5, 0.6) is 5.75 Å². The normalized spacial score (nSPS) is 11.3. The summed E-state index contributed by atoms with van der Waals surface area (Å²) in [6.45, 7) is 7.27. The van der Waals surface area contributed by atoms with Crippen molar-refractivity contribution in [3.63, 3.8) is 0 Å². The molecule has 0 N–H and O–H groups in total. The first-order valence-corrected chi connectivity index (χ1v) is 6.24. The van der Waals surface area contributed by atoms with E-state index in [4.69, 9.17) is 4.74 Å². The van der Waals surface area contributed by atoms with Gasteiger partial charge in [0.25, 0.3) is 0 Å². The highest BCUT2D eigenvalue weighted by molar-refractivity contribution is 5.28. The average Bonchev–Trinajstić information content (AvgIpc) is 2.37. The van der Waals surface area contributed by atoms with Gasteiger partial charge in [-0.05, 0) is 34.7 Å². The first kappa shape index (κ1) is 12.7. The third-order valence-electron chi connectivity index (χ3n) is 2.91. The number of hydrogen-bond donors (Lipinski definition) is 0. The Balaban J connectivity index is 1.99. The Bertz CT molecular complexity index is 477. The summed E-state index contributed by atoms with van der Waals surface area (Å²) in [5.41, 5.74) is 2.74. The van der Waals surface area contributed by atoms with Gasteiger partial charge >= 0.3 is 0 Å². The number of benzene rings is 2. The minimum absolute atomic E-state index is 0.203. The number of ether oxygens (including phenoxy) is 1. The van der Waals surface area contributed by atoms with E-state index in [0.29, 0.717) is 6.61 Å². The van der Waals surface area contributed by atoms with Crippen LogP contribution in [0, 0.1) is 6.07 Å². The highest BCUT2D eigenvalue weighted by atomic mass is 16.5. The van der Waals surface area contributed by atoms with Gasteiger partial charge in [0.1, 0.15) is 12.4 Å². The standard InChI is InChI=1S/C17H19O/c1-17(2,3)15-11-9-14(10-12-15)13-18-16-7-5-4-6-8-16/h5-12H,13H2,1-3H3. The summed E-state index contributed by atoms with van der Waals surface area (Å²) in [5.74, 6) is 0.883. The van der Waals surface area contributed by atoms with Crippen molar-refractivity contribution in [3.05, 3.63) is 65.7 Å². The van der Waals surface area contributed by atoms with Crippen LogP contribution in [0.3, 0.4) is 0 Å². The molecule has 0 saturated heterocycles. The summed E-state index contributed by atoms with van der Waals surface area (Å²) in [6, 6.07) is 19.2. The molecule has 0 bridgehead atoms. The van der Waals surface area contributed by atoms with Gasteiger partial charge in [-0.1, -0.05) is 57.2 Å². The average molecular weight is 239 g/mol. The van der Waals surface area contributed by atoms with E-state index in [9.17, 15) is 0 Å². The first-order chi connectivity index (χ1) is 8.55. The molecule has 0 aromatic heterocycles. The van der Waals surface area contributed by atoms with Crippen LogP contribution in [0.1, 0.15) is 31.9 Å². The van der Waals surface area contributed by atoms with Crippen LogP contribution in [0.15, 0.2) is 48.5 Å². The van der Waals surface area contributed by atoms with Crippen molar-refractivity contribution >= 4 is 0 Å². The van der Waals surface area contributed by atoms with E-state index in [-0.39, 0.29) is 5.41 Å². The molecule has 93 valence electrons. The maximum Gasteiger partial charge on any atom is 0.119 e. The molecule has 0 aliphatic heterocycles. The molecule has 1 nitrogen and oxygen atoms in total. The van der Waals surface area contributed by atoms with E-state index in [1.807, 2.05) is 24.3 Å². The zero-order chi connectivity index (χ0) is 13.0. The molecular formula is C17H19O. The van der Waals surface area contributed by atoms with E-state index in [0.717, 1.165) is 5.75 Å². The van der Waals surface area contributed by atoms with Gasteiger partial charge in [0.15, 0.2) is 0 Å². The summed E-state index contributed by atoms with van der Waals surface area (Å²) in [5, 5.41) is 0. The molecule has 2 aromatic rings. The maximum atomic E-state index is 5.70. The Kier molecular flexibility index (Phi) is 3.71. The van der Waals surface area contributed by atoms with Crippen LogP contribution < -0.4 is 4.74 Å². The fourth-order valence-electron chi connectivity index (χ4n) is 1.74. The van der Waals surface area contributed by atoms with Gasteiger partial charge in [-0.3, -0.25) is 0 Å². The number of rotatable bonds is 3. The van der Waals surface area contributed by atoms with Gasteiger partial charge in [-0.25, -0.2) is 0 Å². The Morgan fingerprint density at radius 1 is 0.944 bits per heavy atom. The Morgan fingerprint density at radius 3 is 2.11 bits per heavy atom. The van der Waals surface area contributed by atoms with E-state index in [2.05, 4.69) is 51.1 Å². The third kappa shape index (κ3) is 3.36. The molecular weight excluding hydrogens is 220 g/mol. The topological polar surface area (TPSA) is 9.23 Å². The van der Waals surface area contributed by atoms with Crippen LogP contribution >= 0.6 is 0 Å². The molecule has 0 amide bonds. The van der Waals surface area contributed by atoms with Crippen molar-refractivity contribution in [2.24, 2.45) is 0 Å². The smallest absolute Gasteiger partial charge is 0.119 e. The Hall–Kier alpha value is -1.76. The van der Waals surface area contributed by atoms with E-state index in [1.165, 1.54) is 11.1 Å². The molecule has 0 aliphatic carbocycles. The van der Waals surface area contributed by atoms with Crippen molar-refractivity contribution in [1.82, 2.24) is 0 Å². The predicted octanol–water partition coefficient (Wildman–Crippen LogP) is 4.36. The lowest BCUT2D eigenvalue weighted by Crippen LogP contribution is -2.10. The van der Waals surface area contributed by atoms with E-state index in [1.54, 1.807) is 0 Å². The first-order valence-electron chi connectivity index (χ1n) is 6.24. The second-order valence-corrected chi connectivity index (χ2v) is 5.47. The van der Waals surface area contributed by atoms with Crippen LogP contribution in [-0.4, -0.2) is 0 Å². The molecule has 0 unspecified atom stereocenters. The zero-order valence-electron chi connectivity index (χ0n) is 11.2. The predicted molar refractivity (Wildman–Crippen MR) is 74.8 cm³/mol. The van der Waals surface area contributed by atoms with Gasteiger partial charge in [-0.2, -0.15) is 0 Å². The molecule has 0 aliphatic rings. The second kappa shape index (κ2) is 5.26. The van der Waals surface area contributed by atoms with Crippen molar-refractivity contribution in [3.8, 4) is 5.75 Å². The van der Waals surface area contributed by atoms with Crippen LogP contribution in [-0.2, 0) is 12.0 Å². The van der Waals surface area contributed by atoms with Crippen molar-refractivity contribution in [2.45, 2.75) is 32.8 Å². The minimum atomic E-state index is 0.203. The van der Waals surface area contributed by atoms with Gasteiger partial charge in [0, 0.05) is 0 Å². The highest BCUT2D eigenvalue weighted by Gasteiger charge is 2.12. The van der Waals surface area contributed by atoms with E-state index < -0.39 is 0 Å². The Morgan fingerprint density at radius 2 is 1.56 bits per heavy atom. The van der Waals surface area contributed by atoms with Gasteiger partial charge in [0.2, 0.25) is 0 Å². The molecule has 18 heavy (non-hydrogen) atoms. The maximum absolute atomic E-state index is 5.70. The molecule has 0 saturated carbocycles. The fraction of sp³-hybridized carbons (Fsp3) is 0.294. The molecule has 2 aromatic carbocycles. The van der Waals surface area contributed by atoms with Gasteiger partial charge < -0.3 is 4.74 Å².